The maximum Gasteiger partial charge on any atom is 0.329 e. The number of amides is 2. The van der Waals surface area contributed by atoms with Crippen LogP contribution in [-0.2, 0) is 4.79 Å². The molecule has 0 saturated carbocycles. The van der Waals surface area contributed by atoms with Gasteiger partial charge in [0.1, 0.15) is 5.54 Å². The van der Waals surface area contributed by atoms with Crippen LogP contribution in [0.5, 0.6) is 0 Å². The number of urea groups is 1. The van der Waals surface area contributed by atoms with E-state index in [-0.39, 0.29) is 12.1 Å². The van der Waals surface area contributed by atoms with Crippen molar-refractivity contribution in [2.45, 2.75) is 44.7 Å². The molecule has 0 aromatic carbocycles. The molecule has 0 aliphatic carbocycles. The van der Waals surface area contributed by atoms with Crippen LogP contribution in [0.1, 0.15) is 44.0 Å². The van der Waals surface area contributed by atoms with Crippen LogP contribution in [0.15, 0.2) is 17.5 Å². The zero-order valence-electron chi connectivity index (χ0n) is 12.7. The first kappa shape index (κ1) is 15.8. The number of carbonyl (C=O) groups is 2. The molecule has 1 fully saturated rings. The van der Waals surface area contributed by atoms with E-state index in [1.54, 1.807) is 28.2 Å². The number of aliphatic carboxylic acids is 1. The number of rotatable bonds is 4. The minimum absolute atomic E-state index is 0.0542. The summed E-state index contributed by atoms with van der Waals surface area (Å²) < 4.78 is 0. The highest BCUT2D eigenvalue weighted by Crippen LogP contribution is 2.35. The molecule has 1 N–H and O–H groups in total. The lowest BCUT2D eigenvalue weighted by molar-refractivity contribution is -0.148. The number of carboxylic acids is 1. The zero-order chi connectivity index (χ0) is 15.6. The van der Waals surface area contributed by atoms with Crippen molar-refractivity contribution in [1.29, 1.82) is 0 Å². The van der Waals surface area contributed by atoms with E-state index in [0.717, 1.165) is 11.3 Å². The number of hydrogen-bond donors (Lipinski definition) is 1. The third kappa shape index (κ3) is 2.64. The average Bonchev–Trinajstić information content (AvgIpc) is 3.13. The average molecular weight is 310 g/mol. The number of carboxylic acid groups (broad SMARTS) is 1. The third-order valence-electron chi connectivity index (χ3n) is 4.54. The molecule has 2 rings (SSSR count). The van der Waals surface area contributed by atoms with Gasteiger partial charge < -0.3 is 14.9 Å². The van der Waals surface area contributed by atoms with Gasteiger partial charge in [-0.25, -0.2) is 9.59 Å². The lowest BCUT2D eigenvalue weighted by atomic mass is 9.93. The Kier molecular flexibility index (Phi) is 4.56. The Bertz CT molecular complexity index is 517. The van der Waals surface area contributed by atoms with Crippen molar-refractivity contribution in [3.63, 3.8) is 0 Å². The van der Waals surface area contributed by atoms with Crippen LogP contribution in [0, 0.1) is 0 Å². The van der Waals surface area contributed by atoms with Crippen LogP contribution in [0.25, 0.3) is 0 Å². The molecular formula is C15H22N2O3S. The number of thiophene rings is 1. The van der Waals surface area contributed by atoms with Gasteiger partial charge in [0.05, 0.1) is 6.04 Å². The molecule has 0 bridgehead atoms. The van der Waals surface area contributed by atoms with E-state index in [0.29, 0.717) is 19.4 Å². The Balaban J connectivity index is 2.20. The Hall–Kier alpha value is -1.56. The molecule has 1 aromatic rings. The molecule has 1 aliphatic rings. The fraction of sp³-hybridized carbons (Fsp3) is 0.600. The van der Waals surface area contributed by atoms with Crippen LogP contribution < -0.4 is 0 Å². The Labute approximate surface area is 129 Å². The number of likely N-dealkylation sites (tertiary alicyclic amines) is 1. The first-order valence-electron chi connectivity index (χ1n) is 7.25. The molecular weight excluding hydrogens is 288 g/mol. The molecule has 1 saturated heterocycles. The molecule has 1 aliphatic heterocycles. The Morgan fingerprint density at radius 3 is 2.81 bits per heavy atom. The standard InChI is InChI=1S/C15H22N2O3S/c1-4-15(13(18)19)8-6-9-17(15)14(20)16(3)11(2)12-7-5-10-21-12/h5,7,10-11H,4,6,8-9H2,1-3H3,(H,18,19). The van der Waals surface area contributed by atoms with E-state index in [2.05, 4.69) is 0 Å². The van der Waals surface area contributed by atoms with Crippen molar-refractivity contribution in [1.82, 2.24) is 9.80 Å². The van der Waals surface area contributed by atoms with Crippen molar-refractivity contribution < 1.29 is 14.7 Å². The van der Waals surface area contributed by atoms with E-state index in [1.807, 2.05) is 31.4 Å². The minimum Gasteiger partial charge on any atom is -0.479 e. The van der Waals surface area contributed by atoms with Crippen LogP contribution >= 0.6 is 11.3 Å². The molecule has 2 amide bonds. The molecule has 2 heterocycles. The van der Waals surface area contributed by atoms with E-state index < -0.39 is 11.5 Å². The summed E-state index contributed by atoms with van der Waals surface area (Å²) in [5.74, 6) is -0.895. The maximum absolute atomic E-state index is 12.8. The zero-order valence-corrected chi connectivity index (χ0v) is 13.5. The minimum atomic E-state index is -1.04. The predicted molar refractivity (Wildman–Crippen MR) is 82.5 cm³/mol. The Morgan fingerprint density at radius 2 is 2.29 bits per heavy atom. The largest absolute Gasteiger partial charge is 0.479 e. The van der Waals surface area contributed by atoms with Gasteiger partial charge in [0, 0.05) is 18.5 Å². The van der Waals surface area contributed by atoms with Crippen molar-refractivity contribution >= 4 is 23.3 Å². The molecule has 0 spiro atoms. The summed E-state index contributed by atoms with van der Waals surface area (Å²) >= 11 is 1.60. The molecule has 0 radical (unpaired) electrons. The van der Waals surface area contributed by atoms with Gasteiger partial charge in [0.15, 0.2) is 0 Å². The van der Waals surface area contributed by atoms with Crippen LogP contribution in [-0.4, -0.2) is 46.0 Å². The molecule has 1 aromatic heterocycles. The third-order valence-corrected chi connectivity index (χ3v) is 5.58. The summed E-state index contributed by atoms with van der Waals surface area (Å²) in [6, 6.07) is 3.70. The summed E-state index contributed by atoms with van der Waals surface area (Å²) in [5, 5.41) is 11.6. The van der Waals surface area contributed by atoms with Crippen molar-refractivity contribution in [3.05, 3.63) is 22.4 Å². The quantitative estimate of drug-likeness (QED) is 0.929. The monoisotopic (exact) mass is 310 g/mol. The second-order valence-electron chi connectivity index (χ2n) is 5.53. The van der Waals surface area contributed by atoms with Crippen LogP contribution in [0.2, 0.25) is 0 Å². The van der Waals surface area contributed by atoms with Crippen LogP contribution in [0.3, 0.4) is 0 Å². The number of nitrogens with zero attached hydrogens (tertiary/aromatic N) is 2. The molecule has 21 heavy (non-hydrogen) atoms. The van der Waals surface area contributed by atoms with E-state index in [4.69, 9.17) is 0 Å². The molecule has 5 nitrogen and oxygen atoms in total. The van der Waals surface area contributed by atoms with Gasteiger partial charge in [-0.2, -0.15) is 0 Å². The number of carbonyl (C=O) groups excluding carboxylic acids is 1. The Morgan fingerprint density at radius 1 is 1.57 bits per heavy atom. The summed E-state index contributed by atoms with van der Waals surface area (Å²) in [7, 11) is 1.74. The molecule has 6 heteroatoms. The topological polar surface area (TPSA) is 60.9 Å². The SMILES string of the molecule is CCC1(C(=O)O)CCCN1C(=O)N(C)C(C)c1cccs1. The highest BCUT2D eigenvalue weighted by molar-refractivity contribution is 7.10. The van der Waals surface area contributed by atoms with Gasteiger partial charge >= 0.3 is 12.0 Å². The summed E-state index contributed by atoms with van der Waals surface area (Å²) in [4.78, 5) is 28.7. The van der Waals surface area contributed by atoms with E-state index in [1.165, 1.54) is 0 Å². The van der Waals surface area contributed by atoms with Gasteiger partial charge in [-0.15, -0.1) is 11.3 Å². The highest BCUT2D eigenvalue weighted by atomic mass is 32.1. The van der Waals surface area contributed by atoms with E-state index >= 15 is 0 Å². The lowest BCUT2D eigenvalue weighted by Crippen LogP contribution is -2.56. The van der Waals surface area contributed by atoms with Crippen molar-refractivity contribution in [2.75, 3.05) is 13.6 Å². The van der Waals surface area contributed by atoms with Crippen molar-refractivity contribution in [3.8, 4) is 0 Å². The second kappa shape index (κ2) is 6.05. The fourth-order valence-corrected chi connectivity index (χ4v) is 3.80. The summed E-state index contributed by atoms with van der Waals surface area (Å²) in [6.07, 6.45) is 1.72. The lowest BCUT2D eigenvalue weighted by Gasteiger charge is -2.38. The summed E-state index contributed by atoms with van der Waals surface area (Å²) in [6.45, 7) is 4.32. The molecule has 116 valence electrons. The smallest absolute Gasteiger partial charge is 0.329 e. The van der Waals surface area contributed by atoms with Crippen molar-refractivity contribution in [2.24, 2.45) is 0 Å². The van der Waals surface area contributed by atoms with Gasteiger partial charge in [-0.05, 0) is 37.6 Å². The highest BCUT2D eigenvalue weighted by Gasteiger charge is 2.49. The molecule has 2 atom stereocenters. The van der Waals surface area contributed by atoms with Gasteiger partial charge in [-0.3, -0.25) is 0 Å². The van der Waals surface area contributed by atoms with Gasteiger partial charge in [-0.1, -0.05) is 13.0 Å². The normalized spacial score (nSPS) is 23.1. The van der Waals surface area contributed by atoms with E-state index in [9.17, 15) is 14.7 Å². The maximum atomic E-state index is 12.8. The summed E-state index contributed by atoms with van der Waals surface area (Å²) in [5.41, 5.74) is -1.04. The first-order valence-corrected chi connectivity index (χ1v) is 8.13. The molecule has 2 unspecified atom stereocenters. The van der Waals surface area contributed by atoms with Crippen LogP contribution in [0.4, 0.5) is 4.79 Å². The van der Waals surface area contributed by atoms with Gasteiger partial charge in [0.2, 0.25) is 0 Å². The first-order chi connectivity index (χ1) is 9.94. The van der Waals surface area contributed by atoms with Gasteiger partial charge in [0.25, 0.3) is 0 Å². The number of hydrogen-bond acceptors (Lipinski definition) is 3. The fourth-order valence-electron chi connectivity index (χ4n) is 2.97. The second-order valence-corrected chi connectivity index (χ2v) is 6.51. The predicted octanol–water partition coefficient (Wildman–Crippen LogP) is 3.19.